The first-order valence-corrected chi connectivity index (χ1v) is 21.6. The van der Waals surface area contributed by atoms with Crippen LogP contribution in [0.5, 0.6) is 0 Å². The summed E-state index contributed by atoms with van der Waals surface area (Å²) in [5.74, 6) is 6.28. The number of nitrogens with zero attached hydrogens (tertiary/aromatic N) is 2. The van der Waals surface area contributed by atoms with Crippen LogP contribution in [0.2, 0.25) is 0 Å². The summed E-state index contributed by atoms with van der Waals surface area (Å²) in [7, 11) is 0. The smallest absolute Gasteiger partial charge is 0.202 e. The minimum absolute atomic E-state index is 0.296. The average Bonchev–Trinajstić information content (AvgIpc) is 3.26. The standard InChI is InChI=1S/C52H43Cl2N3O2/c1-3-5-7-9-10-11-21-36-35-23-16-18-25-38(35)43-44-39(36)27-28-41(57-42-29-32-19-13-14-20-33(32)34-22-15-17-24-37(34)42)46(44)52(59)48(54)47(53)49(58)50(30-55)40(26-12-8-6-4-2)45(43)51(50,52)31-56/h13-20,22-25,27-29,57,59H,3-10,12,26H2,1-2H3. The van der Waals surface area contributed by atoms with Gasteiger partial charge in [-0.05, 0) is 85.8 Å². The highest BCUT2D eigenvalue weighted by atomic mass is 35.5. The van der Waals surface area contributed by atoms with Crippen LogP contribution in [0.15, 0.2) is 107 Å². The van der Waals surface area contributed by atoms with Gasteiger partial charge in [-0.1, -0.05) is 166 Å². The fourth-order valence-electron chi connectivity index (χ4n) is 10.4. The number of benzene rings is 6. The number of nitriles is 2. The lowest BCUT2D eigenvalue weighted by Gasteiger charge is -2.64. The summed E-state index contributed by atoms with van der Waals surface area (Å²) in [6, 6.07) is 35.1. The van der Waals surface area contributed by atoms with E-state index in [0.717, 1.165) is 106 Å². The minimum Gasteiger partial charge on any atom is -0.377 e. The Kier molecular flexibility index (Phi) is 9.81. The van der Waals surface area contributed by atoms with Gasteiger partial charge in [-0.15, -0.1) is 0 Å². The molecule has 5 nitrogen and oxygen atoms in total. The number of hydrogen-bond acceptors (Lipinski definition) is 5. The summed E-state index contributed by atoms with van der Waals surface area (Å²) in [6.45, 7) is 4.32. The fourth-order valence-corrected chi connectivity index (χ4v) is 11.1. The number of rotatable bonds is 11. The number of carbonyl (C=O) groups excluding carboxylic acids is 1. The van der Waals surface area contributed by atoms with Crippen LogP contribution < -0.4 is 5.32 Å². The molecule has 9 rings (SSSR count). The van der Waals surface area contributed by atoms with Crippen LogP contribution in [-0.2, 0) is 10.4 Å². The van der Waals surface area contributed by atoms with Crippen molar-refractivity contribution >= 4 is 89.0 Å². The van der Waals surface area contributed by atoms with E-state index in [9.17, 15) is 20.4 Å². The summed E-state index contributed by atoms with van der Waals surface area (Å²) in [5, 5.41) is 47.2. The number of allylic oxidation sites excluding steroid dienone is 2. The Balaban J connectivity index is 1.43. The van der Waals surface area contributed by atoms with Gasteiger partial charge in [-0.25, -0.2) is 0 Å². The molecule has 0 aromatic heterocycles. The third-order valence-electron chi connectivity index (χ3n) is 13.1. The Morgan fingerprint density at radius 2 is 1.37 bits per heavy atom. The maximum absolute atomic E-state index is 14.7. The van der Waals surface area contributed by atoms with Gasteiger partial charge in [0.25, 0.3) is 0 Å². The predicted octanol–water partition coefficient (Wildman–Crippen LogP) is 13.6. The summed E-state index contributed by atoms with van der Waals surface area (Å²) in [6.07, 6.45) is 9.10. The predicted molar refractivity (Wildman–Crippen MR) is 241 cm³/mol. The molecule has 3 unspecified atom stereocenters. The van der Waals surface area contributed by atoms with Crippen molar-refractivity contribution in [2.45, 2.75) is 83.7 Å². The molecular formula is C52H43Cl2N3O2. The number of Topliss-reactive ketones (excluding diaryl/α,β-unsaturated/α-hetero) is 1. The van der Waals surface area contributed by atoms with E-state index in [-0.39, 0.29) is 5.03 Å². The van der Waals surface area contributed by atoms with Crippen LogP contribution in [0, 0.1) is 45.3 Å². The number of fused-ring (bicyclic) bond motifs is 7. The SMILES string of the molecule is CCCCCCC#Cc1c2ccccc2c2c3c(c(Nc4cc5ccccc5c5ccccc45)ccc13)C1(O)C(Cl)=C(Cl)C(=O)C3(C#N)C(CCCCCC)=C2C31C#N. The summed E-state index contributed by atoms with van der Waals surface area (Å²) in [5.41, 5.74) is -2.47. The fraction of sp³-hybridized carbons (Fsp3) is 0.288. The number of unbranched alkanes of at least 4 members (excludes halogenated alkanes) is 7. The van der Waals surface area contributed by atoms with Crippen molar-refractivity contribution < 1.29 is 9.90 Å². The molecule has 0 aliphatic heterocycles. The zero-order valence-electron chi connectivity index (χ0n) is 33.2. The van der Waals surface area contributed by atoms with E-state index in [1.807, 2.05) is 60.7 Å². The first kappa shape index (κ1) is 38.9. The van der Waals surface area contributed by atoms with E-state index < -0.39 is 27.2 Å². The topological polar surface area (TPSA) is 96.9 Å². The van der Waals surface area contributed by atoms with Gasteiger partial charge in [0.15, 0.2) is 16.4 Å². The van der Waals surface area contributed by atoms with Crippen molar-refractivity contribution in [3.63, 3.8) is 0 Å². The zero-order chi connectivity index (χ0) is 41.1. The molecule has 0 heterocycles. The molecule has 0 spiro atoms. The third kappa shape index (κ3) is 5.17. The molecule has 3 atom stereocenters. The second-order valence-electron chi connectivity index (χ2n) is 16.2. The second-order valence-corrected chi connectivity index (χ2v) is 16.9. The molecule has 6 aromatic carbocycles. The molecule has 6 aromatic rings. The van der Waals surface area contributed by atoms with E-state index in [0.29, 0.717) is 40.6 Å². The molecular weight excluding hydrogens is 769 g/mol. The lowest BCUT2D eigenvalue weighted by Crippen LogP contribution is -2.69. The van der Waals surface area contributed by atoms with Gasteiger partial charge in [0.05, 0.1) is 17.2 Å². The molecule has 3 aliphatic carbocycles. The Morgan fingerprint density at radius 1 is 0.712 bits per heavy atom. The van der Waals surface area contributed by atoms with Gasteiger partial charge < -0.3 is 10.4 Å². The molecule has 59 heavy (non-hydrogen) atoms. The second kappa shape index (κ2) is 14.9. The van der Waals surface area contributed by atoms with Crippen molar-refractivity contribution in [3.8, 4) is 24.0 Å². The monoisotopic (exact) mass is 811 g/mol. The number of carbonyl (C=O) groups is 1. The maximum atomic E-state index is 14.7. The van der Waals surface area contributed by atoms with Crippen molar-refractivity contribution in [2.24, 2.45) is 10.8 Å². The first-order valence-electron chi connectivity index (χ1n) is 20.8. The summed E-state index contributed by atoms with van der Waals surface area (Å²) < 4.78 is 0. The van der Waals surface area contributed by atoms with Gasteiger partial charge in [0, 0.05) is 34.3 Å². The highest BCUT2D eigenvalue weighted by molar-refractivity contribution is 6.51. The van der Waals surface area contributed by atoms with Gasteiger partial charge in [-0.2, -0.15) is 10.5 Å². The van der Waals surface area contributed by atoms with Gasteiger partial charge in [0.2, 0.25) is 5.78 Å². The molecule has 292 valence electrons. The molecule has 0 saturated carbocycles. The highest BCUT2D eigenvalue weighted by Gasteiger charge is 2.83. The molecule has 2 N–H and O–H groups in total. The summed E-state index contributed by atoms with van der Waals surface area (Å²) in [4.78, 5) is 14.7. The van der Waals surface area contributed by atoms with Crippen LogP contribution >= 0.6 is 23.2 Å². The van der Waals surface area contributed by atoms with Gasteiger partial charge >= 0.3 is 0 Å². The van der Waals surface area contributed by atoms with E-state index in [2.05, 4.69) is 73.5 Å². The quantitative estimate of drug-likeness (QED) is 0.0588. The van der Waals surface area contributed by atoms with Crippen molar-refractivity contribution in [1.29, 1.82) is 10.5 Å². The molecule has 7 heteroatoms. The van der Waals surface area contributed by atoms with Crippen molar-refractivity contribution in [3.05, 3.63) is 123 Å². The highest BCUT2D eigenvalue weighted by Crippen LogP contribution is 2.80. The van der Waals surface area contributed by atoms with Crippen LogP contribution in [-0.4, -0.2) is 10.9 Å². The molecule has 0 saturated heterocycles. The van der Waals surface area contributed by atoms with E-state index >= 15 is 0 Å². The first-order chi connectivity index (χ1) is 28.8. The molecule has 3 aliphatic rings. The van der Waals surface area contributed by atoms with Gasteiger partial charge in [-0.3, -0.25) is 4.79 Å². The van der Waals surface area contributed by atoms with Crippen LogP contribution in [0.25, 0.3) is 48.7 Å². The zero-order valence-corrected chi connectivity index (χ0v) is 34.7. The van der Waals surface area contributed by atoms with E-state index in [1.54, 1.807) is 0 Å². The molecule has 0 amide bonds. The summed E-state index contributed by atoms with van der Waals surface area (Å²) >= 11 is 14.2. The Labute approximate surface area is 354 Å². The number of anilines is 2. The lowest BCUT2D eigenvalue weighted by atomic mass is 9.34. The van der Waals surface area contributed by atoms with Crippen molar-refractivity contribution in [1.82, 2.24) is 0 Å². The van der Waals surface area contributed by atoms with Crippen LogP contribution in [0.1, 0.15) is 94.7 Å². The van der Waals surface area contributed by atoms with Crippen LogP contribution in [0.4, 0.5) is 11.4 Å². The number of halogens is 2. The number of aliphatic hydroxyl groups is 1. The number of ketones is 1. The Hall–Kier alpha value is -5.61. The number of nitrogens with one attached hydrogen (secondary N) is 1. The molecule has 0 radical (unpaired) electrons. The Bertz CT molecular complexity index is 3010. The average molecular weight is 813 g/mol. The number of hydrogen-bond donors (Lipinski definition) is 2. The maximum Gasteiger partial charge on any atom is 0.202 e. The minimum atomic E-state index is -2.40. The Morgan fingerprint density at radius 3 is 2.08 bits per heavy atom. The lowest BCUT2D eigenvalue weighted by molar-refractivity contribution is -0.135. The van der Waals surface area contributed by atoms with E-state index in [1.165, 1.54) is 0 Å². The van der Waals surface area contributed by atoms with E-state index in [4.69, 9.17) is 23.2 Å². The van der Waals surface area contributed by atoms with Crippen molar-refractivity contribution in [2.75, 3.05) is 5.32 Å². The molecule has 0 fully saturated rings. The van der Waals surface area contributed by atoms with Crippen LogP contribution in [0.3, 0.4) is 0 Å². The van der Waals surface area contributed by atoms with Gasteiger partial charge in [0.1, 0.15) is 5.03 Å². The molecule has 0 bridgehead atoms. The third-order valence-corrected chi connectivity index (χ3v) is 14.0. The normalized spacial score (nSPS) is 21.6. The largest absolute Gasteiger partial charge is 0.377 e.